The lowest BCUT2D eigenvalue weighted by Crippen LogP contribution is -2.30. The van der Waals surface area contributed by atoms with Crippen LogP contribution in [-0.2, 0) is 10.2 Å². The average Bonchev–Trinajstić information content (AvgIpc) is 3.46. The van der Waals surface area contributed by atoms with Crippen LogP contribution >= 0.6 is 0 Å². The zero-order chi connectivity index (χ0) is 50.7. The van der Waals surface area contributed by atoms with Gasteiger partial charge in [0.15, 0.2) is 5.78 Å². The second-order valence-corrected chi connectivity index (χ2v) is 18.8. The summed E-state index contributed by atoms with van der Waals surface area (Å²) in [5.41, 5.74) is 14.2. The van der Waals surface area contributed by atoms with Gasteiger partial charge in [-0.2, -0.15) is 0 Å². The zero-order valence-corrected chi connectivity index (χ0v) is 41.8. The van der Waals surface area contributed by atoms with Crippen LogP contribution in [0.5, 0.6) is 11.5 Å². The molecule has 1 saturated carbocycles. The van der Waals surface area contributed by atoms with Crippen molar-refractivity contribution in [2.24, 2.45) is 0 Å². The molecule has 0 bridgehead atoms. The predicted molar refractivity (Wildman–Crippen MR) is 305 cm³/mol. The van der Waals surface area contributed by atoms with Crippen LogP contribution < -0.4 is 19.3 Å². The molecule has 10 rings (SSSR count). The molecule has 0 radical (unpaired) electrons. The van der Waals surface area contributed by atoms with Crippen LogP contribution in [0.15, 0.2) is 231 Å². The molecule has 0 atom stereocenters. The van der Waals surface area contributed by atoms with Crippen LogP contribution in [0.1, 0.15) is 88.3 Å². The van der Waals surface area contributed by atoms with Gasteiger partial charge < -0.3 is 19.3 Å². The van der Waals surface area contributed by atoms with Crippen LogP contribution in [-0.4, -0.2) is 18.9 Å². The van der Waals surface area contributed by atoms with E-state index in [1.807, 2.05) is 84.9 Å². The third-order valence-electron chi connectivity index (χ3n) is 14.0. The molecular formula is C68H58N2O4. The Morgan fingerprint density at radius 2 is 0.716 bits per heavy atom. The SMILES string of the molecule is COc1ccc(N(c2ccccc2)c2ccc(/C=C/c3ccc(/C=C/c4ccc(N(c5ccccc5)c5ccc(C(=O)c6ccc(C7(c8ccc(OC(C)=O)cc8)CCCCC7)cc6)cc5)cc4)cc3)cc2)cc1. The van der Waals surface area contributed by atoms with Crippen molar-refractivity contribution >= 4 is 70.2 Å². The number of para-hydroxylation sites is 2. The van der Waals surface area contributed by atoms with Gasteiger partial charge in [0.05, 0.1) is 7.11 Å². The number of nitrogens with zero attached hydrogens (tertiary/aromatic N) is 2. The highest BCUT2D eigenvalue weighted by molar-refractivity contribution is 6.09. The first-order valence-corrected chi connectivity index (χ1v) is 25.4. The van der Waals surface area contributed by atoms with Crippen molar-refractivity contribution in [1.82, 2.24) is 0 Å². The fraction of sp³-hybridized carbons (Fsp3) is 0.118. The summed E-state index contributed by atoms with van der Waals surface area (Å²) in [6.45, 7) is 1.42. The summed E-state index contributed by atoms with van der Waals surface area (Å²) < 4.78 is 10.7. The van der Waals surface area contributed by atoms with E-state index in [4.69, 9.17) is 9.47 Å². The van der Waals surface area contributed by atoms with Gasteiger partial charge in [0, 0.05) is 57.6 Å². The van der Waals surface area contributed by atoms with E-state index in [1.54, 1.807) is 7.11 Å². The van der Waals surface area contributed by atoms with Crippen LogP contribution in [0.3, 0.4) is 0 Å². The van der Waals surface area contributed by atoms with Crippen molar-refractivity contribution in [3.63, 3.8) is 0 Å². The Kier molecular flexibility index (Phi) is 14.9. The van der Waals surface area contributed by atoms with Gasteiger partial charge in [-0.15, -0.1) is 0 Å². The fourth-order valence-electron chi connectivity index (χ4n) is 10.1. The smallest absolute Gasteiger partial charge is 0.308 e. The minimum absolute atomic E-state index is 0.0144. The average molecular weight is 967 g/mol. The second-order valence-electron chi connectivity index (χ2n) is 18.8. The third kappa shape index (κ3) is 11.2. The lowest BCUT2D eigenvalue weighted by molar-refractivity contribution is -0.131. The van der Waals surface area contributed by atoms with Crippen molar-refractivity contribution in [3.8, 4) is 11.5 Å². The van der Waals surface area contributed by atoms with Crippen LogP contribution in [0.4, 0.5) is 34.1 Å². The molecule has 9 aromatic rings. The van der Waals surface area contributed by atoms with Gasteiger partial charge in [0.1, 0.15) is 11.5 Å². The Balaban J connectivity index is 0.792. The molecule has 9 aromatic carbocycles. The monoisotopic (exact) mass is 966 g/mol. The zero-order valence-electron chi connectivity index (χ0n) is 41.8. The first-order valence-electron chi connectivity index (χ1n) is 25.4. The second kappa shape index (κ2) is 22.6. The summed E-state index contributed by atoms with van der Waals surface area (Å²) in [7, 11) is 1.69. The van der Waals surface area contributed by atoms with Crippen molar-refractivity contribution in [1.29, 1.82) is 0 Å². The van der Waals surface area contributed by atoms with Gasteiger partial charge in [0.2, 0.25) is 0 Å². The van der Waals surface area contributed by atoms with E-state index in [9.17, 15) is 9.59 Å². The molecule has 0 aromatic heterocycles. The predicted octanol–water partition coefficient (Wildman–Crippen LogP) is 17.4. The number of hydrogen-bond acceptors (Lipinski definition) is 6. The van der Waals surface area contributed by atoms with E-state index in [1.165, 1.54) is 24.5 Å². The Labute approximate surface area is 435 Å². The molecule has 0 aliphatic heterocycles. The number of methoxy groups -OCH3 is 1. The maximum absolute atomic E-state index is 14.0. The van der Waals surface area contributed by atoms with Crippen molar-refractivity contribution < 1.29 is 19.1 Å². The van der Waals surface area contributed by atoms with Gasteiger partial charge in [-0.25, -0.2) is 0 Å². The topological polar surface area (TPSA) is 59.1 Å². The highest BCUT2D eigenvalue weighted by Crippen LogP contribution is 2.46. The first-order chi connectivity index (χ1) is 36.3. The summed E-state index contributed by atoms with van der Waals surface area (Å²) in [4.78, 5) is 30.0. The summed E-state index contributed by atoms with van der Waals surface area (Å²) in [6, 6.07) is 78.6. The number of esters is 1. The maximum Gasteiger partial charge on any atom is 0.308 e. The molecule has 0 saturated heterocycles. The molecular weight excluding hydrogens is 909 g/mol. The number of hydrogen-bond donors (Lipinski definition) is 0. The number of ether oxygens (including phenoxy) is 2. The van der Waals surface area contributed by atoms with Gasteiger partial charge in [-0.05, 0) is 155 Å². The highest BCUT2D eigenvalue weighted by atomic mass is 16.5. The summed E-state index contributed by atoms with van der Waals surface area (Å²) >= 11 is 0. The lowest BCUT2D eigenvalue weighted by Gasteiger charge is -2.38. The van der Waals surface area contributed by atoms with Gasteiger partial charge in [0.25, 0.3) is 0 Å². The molecule has 74 heavy (non-hydrogen) atoms. The molecule has 6 heteroatoms. The largest absolute Gasteiger partial charge is 0.497 e. The van der Waals surface area contributed by atoms with Gasteiger partial charge in [-0.3, -0.25) is 9.59 Å². The van der Waals surface area contributed by atoms with Gasteiger partial charge >= 0.3 is 5.97 Å². The number of benzene rings is 9. The van der Waals surface area contributed by atoms with E-state index in [-0.39, 0.29) is 17.2 Å². The van der Waals surface area contributed by atoms with Gasteiger partial charge in [-0.1, -0.05) is 165 Å². The molecule has 1 aliphatic carbocycles. The molecule has 0 spiro atoms. The number of rotatable bonds is 16. The fourth-order valence-corrected chi connectivity index (χ4v) is 10.1. The number of ketones is 1. The van der Waals surface area contributed by atoms with Crippen molar-refractivity contribution in [2.45, 2.75) is 44.4 Å². The minimum atomic E-state index is -0.328. The Morgan fingerprint density at radius 1 is 0.392 bits per heavy atom. The minimum Gasteiger partial charge on any atom is -0.497 e. The van der Waals surface area contributed by atoms with E-state index in [0.717, 1.165) is 87.8 Å². The maximum atomic E-state index is 14.0. The molecule has 0 amide bonds. The normalized spacial score (nSPS) is 13.1. The van der Waals surface area contributed by atoms with Crippen LogP contribution in [0.25, 0.3) is 24.3 Å². The molecule has 1 aliphatic rings. The Bertz CT molecular complexity index is 3340. The van der Waals surface area contributed by atoms with Crippen LogP contribution in [0.2, 0.25) is 0 Å². The lowest BCUT2D eigenvalue weighted by atomic mass is 9.65. The molecule has 1 fully saturated rings. The van der Waals surface area contributed by atoms with E-state index in [2.05, 4.69) is 180 Å². The quantitative estimate of drug-likeness (QED) is 0.0416. The molecule has 6 nitrogen and oxygen atoms in total. The Morgan fingerprint density at radius 3 is 1.11 bits per heavy atom. The molecule has 0 heterocycles. The third-order valence-corrected chi connectivity index (χ3v) is 14.0. The van der Waals surface area contributed by atoms with E-state index < -0.39 is 0 Å². The number of carbonyl (C=O) groups excluding carboxylic acids is 2. The van der Waals surface area contributed by atoms with Crippen LogP contribution in [0, 0.1) is 0 Å². The molecule has 0 N–H and O–H groups in total. The standard InChI is InChI=1S/C68H58N2O4/c1-50(71)74-66-44-34-58(35-45-66)68(48-10-5-11-49-68)57-32-28-55(29-33-57)67(72)56-30-40-63(41-31-56)69(59-12-6-3-7-13-59)61-36-24-53(25-37-61)22-20-51-16-18-52(19-17-51)21-23-54-26-38-62(39-27-54)70(60-14-8-4-9-15-60)64-42-46-65(73-2)47-43-64/h3-4,6-9,12-47H,5,10-11,48-49H2,1-2H3/b22-20+,23-21+. The van der Waals surface area contributed by atoms with E-state index >= 15 is 0 Å². The molecule has 364 valence electrons. The van der Waals surface area contributed by atoms with Crippen molar-refractivity contribution in [3.05, 3.63) is 275 Å². The first kappa shape index (κ1) is 48.6. The van der Waals surface area contributed by atoms with E-state index in [0.29, 0.717) is 16.9 Å². The number of anilines is 6. The summed E-state index contributed by atoms with van der Waals surface area (Å²) in [6.07, 6.45) is 14.1. The highest BCUT2D eigenvalue weighted by Gasteiger charge is 2.36. The molecule has 0 unspecified atom stereocenters. The van der Waals surface area contributed by atoms with Crippen molar-refractivity contribution in [2.75, 3.05) is 16.9 Å². The number of carbonyl (C=O) groups is 2. The summed E-state index contributed by atoms with van der Waals surface area (Å²) in [5, 5.41) is 0. The summed E-state index contributed by atoms with van der Waals surface area (Å²) in [5.74, 6) is 1.03. The Hall–Kier alpha value is -9.00.